The third-order valence-electron chi connectivity index (χ3n) is 5.10. The van der Waals surface area contributed by atoms with E-state index in [-0.39, 0.29) is 17.5 Å². The first-order valence-corrected chi connectivity index (χ1v) is 13.1. The molecule has 1 atom stereocenters. The van der Waals surface area contributed by atoms with E-state index in [9.17, 15) is 17.9 Å². The van der Waals surface area contributed by atoms with E-state index < -0.39 is 17.1 Å². The smallest absolute Gasteiger partial charge is 0.228 e. The van der Waals surface area contributed by atoms with Crippen LogP contribution in [0.4, 0.5) is 20.9 Å². The Balaban J connectivity index is 1.55. The molecule has 4 rings (SSSR count). The van der Waals surface area contributed by atoms with Crippen molar-refractivity contribution in [3.63, 3.8) is 0 Å². The van der Waals surface area contributed by atoms with E-state index in [1.165, 1.54) is 24.5 Å². The summed E-state index contributed by atoms with van der Waals surface area (Å²) in [6, 6.07) is 9.27. The minimum Gasteiger partial charge on any atom is -0.754 e. The average Bonchev–Trinajstić information content (AvgIpc) is 3.46. The average molecular weight is 551 g/mol. The number of hydrogen-bond donors (Lipinski definition) is 3. The number of anilines is 3. The molecule has 4 aromatic rings. The summed E-state index contributed by atoms with van der Waals surface area (Å²) in [4.78, 5) is 18.1. The fraction of sp³-hybridized carbons (Fsp3) is 0.227. The summed E-state index contributed by atoms with van der Waals surface area (Å²) >= 11 is 4.16. The number of carbonyl (C=O) groups excluding carboxylic acids is 1. The molecule has 3 N–H and O–H groups in total. The second-order valence-corrected chi connectivity index (χ2v) is 9.94. The highest BCUT2D eigenvalue weighted by Crippen LogP contribution is 2.30. The van der Waals surface area contributed by atoms with Crippen molar-refractivity contribution in [1.29, 1.82) is 0 Å². The Bertz CT molecular complexity index is 1400. The van der Waals surface area contributed by atoms with Crippen LogP contribution in [0.25, 0.3) is 10.9 Å². The van der Waals surface area contributed by atoms with E-state index in [2.05, 4.69) is 26.0 Å². The standard InChI is InChI=1S/C22H23ClFN7O3S2/c1-2-25-8-9-26-18-11-15(24)7-6-14(18)10-21(32)29-17-4-3-5-19-16(17)12-28-30(19)31(36(33)34)22-27-13-20(23)35-22/h3-7,11-13,25-26H,2,8-10H2,1H3,(H,29,32)(H,33,34)/p-1. The Morgan fingerprint density at radius 3 is 2.81 bits per heavy atom. The molecular formula is C22H22ClFN7O3S2-. The molecule has 0 fully saturated rings. The van der Waals surface area contributed by atoms with Crippen LogP contribution in [0.3, 0.4) is 0 Å². The lowest BCUT2D eigenvalue weighted by Gasteiger charge is -2.23. The van der Waals surface area contributed by atoms with Crippen LogP contribution in [-0.4, -0.2) is 49.2 Å². The van der Waals surface area contributed by atoms with Crippen molar-refractivity contribution < 1.29 is 17.9 Å². The van der Waals surface area contributed by atoms with Crippen LogP contribution in [0.2, 0.25) is 4.34 Å². The lowest BCUT2D eigenvalue weighted by Crippen LogP contribution is -2.32. The van der Waals surface area contributed by atoms with Gasteiger partial charge in [0.1, 0.15) is 10.2 Å². The van der Waals surface area contributed by atoms with Gasteiger partial charge in [0, 0.05) is 24.2 Å². The predicted molar refractivity (Wildman–Crippen MR) is 139 cm³/mol. The molecule has 14 heteroatoms. The highest BCUT2D eigenvalue weighted by molar-refractivity contribution is 7.80. The maximum atomic E-state index is 13.8. The lowest BCUT2D eigenvalue weighted by molar-refractivity contribution is -0.115. The van der Waals surface area contributed by atoms with Crippen molar-refractivity contribution >= 4 is 67.5 Å². The number of likely N-dealkylation sites (N-methyl/N-ethyl adjacent to an activating group) is 1. The largest absolute Gasteiger partial charge is 0.754 e. The van der Waals surface area contributed by atoms with E-state index in [4.69, 9.17) is 11.6 Å². The first-order chi connectivity index (χ1) is 17.4. The first kappa shape index (κ1) is 26.0. The zero-order valence-electron chi connectivity index (χ0n) is 19.0. The van der Waals surface area contributed by atoms with Gasteiger partial charge in [-0.3, -0.25) is 4.79 Å². The molecule has 1 unspecified atom stereocenters. The molecule has 0 spiro atoms. The summed E-state index contributed by atoms with van der Waals surface area (Å²) < 4.78 is 38.9. The Morgan fingerprint density at radius 1 is 1.25 bits per heavy atom. The molecule has 0 saturated heterocycles. The molecule has 2 aromatic heterocycles. The number of nitrogens with zero attached hydrogens (tertiary/aromatic N) is 4. The highest BCUT2D eigenvalue weighted by atomic mass is 35.5. The van der Waals surface area contributed by atoms with Gasteiger partial charge in [0.25, 0.3) is 0 Å². The second-order valence-electron chi connectivity index (χ2n) is 7.52. The predicted octanol–water partition coefficient (Wildman–Crippen LogP) is 3.55. The molecule has 2 heterocycles. The number of carbonyl (C=O) groups is 1. The van der Waals surface area contributed by atoms with Gasteiger partial charge in [-0.05, 0) is 36.4 Å². The third kappa shape index (κ3) is 5.99. The molecule has 1 amide bonds. The van der Waals surface area contributed by atoms with E-state index in [0.717, 1.165) is 27.1 Å². The van der Waals surface area contributed by atoms with Crippen molar-refractivity contribution in [3.8, 4) is 0 Å². The Hall–Kier alpha value is -3.10. The highest BCUT2D eigenvalue weighted by Gasteiger charge is 2.19. The molecule has 0 radical (unpaired) electrons. The normalized spacial score (nSPS) is 12.0. The molecule has 0 saturated carbocycles. The molecule has 190 valence electrons. The Labute approximate surface area is 217 Å². The molecule has 0 aliphatic carbocycles. The van der Waals surface area contributed by atoms with E-state index >= 15 is 0 Å². The summed E-state index contributed by atoms with van der Waals surface area (Å²) in [6.45, 7) is 4.09. The maximum Gasteiger partial charge on any atom is 0.228 e. The number of halogens is 2. The SMILES string of the molecule is CCNCCNc1cc(F)ccc1CC(=O)Nc1cccc2c1cnn2N(c1ncc(Cl)s1)S(=O)[O-]. The maximum absolute atomic E-state index is 13.8. The molecule has 0 aliphatic rings. The number of benzene rings is 2. The van der Waals surface area contributed by atoms with Crippen molar-refractivity contribution in [1.82, 2.24) is 20.2 Å². The monoisotopic (exact) mass is 550 g/mol. The van der Waals surface area contributed by atoms with Crippen LogP contribution in [-0.2, 0) is 22.5 Å². The number of thiazole rings is 1. The van der Waals surface area contributed by atoms with Gasteiger partial charge in [-0.2, -0.15) is 14.3 Å². The van der Waals surface area contributed by atoms with Gasteiger partial charge in [-0.25, -0.2) is 13.6 Å². The van der Waals surface area contributed by atoms with Crippen LogP contribution < -0.4 is 20.4 Å². The molecule has 36 heavy (non-hydrogen) atoms. The zero-order valence-corrected chi connectivity index (χ0v) is 21.4. The number of hydrogen-bond acceptors (Lipinski definition) is 8. The third-order valence-corrected chi connectivity index (χ3v) is 6.92. The summed E-state index contributed by atoms with van der Waals surface area (Å²) in [5.41, 5.74) is 2.06. The van der Waals surface area contributed by atoms with Gasteiger partial charge in [-0.1, -0.05) is 42.0 Å². The van der Waals surface area contributed by atoms with Gasteiger partial charge in [0.15, 0.2) is 0 Å². The Morgan fingerprint density at radius 2 is 2.08 bits per heavy atom. The second kappa shape index (κ2) is 11.8. The Kier molecular flexibility index (Phi) is 8.48. The molecule has 10 nitrogen and oxygen atoms in total. The fourth-order valence-electron chi connectivity index (χ4n) is 3.53. The van der Waals surface area contributed by atoms with Crippen LogP contribution in [0.5, 0.6) is 0 Å². The van der Waals surface area contributed by atoms with Crippen LogP contribution in [0, 0.1) is 5.82 Å². The molecule has 2 aromatic carbocycles. The fourth-order valence-corrected chi connectivity index (χ4v) is 5.05. The zero-order chi connectivity index (χ0) is 25.7. The van der Waals surface area contributed by atoms with Crippen LogP contribution in [0.15, 0.2) is 48.8 Å². The summed E-state index contributed by atoms with van der Waals surface area (Å²) in [5, 5.41) is 14.0. The minimum absolute atomic E-state index is 0.00264. The summed E-state index contributed by atoms with van der Waals surface area (Å²) in [5.74, 6) is -0.725. The molecule has 0 bridgehead atoms. The van der Waals surface area contributed by atoms with Gasteiger partial charge in [0.2, 0.25) is 11.0 Å². The molecule has 0 aliphatic heterocycles. The van der Waals surface area contributed by atoms with Crippen LogP contribution >= 0.6 is 22.9 Å². The van der Waals surface area contributed by atoms with Gasteiger partial charge in [-0.15, -0.1) is 0 Å². The van der Waals surface area contributed by atoms with Crippen molar-refractivity contribution in [2.75, 3.05) is 34.7 Å². The number of aromatic nitrogens is 3. The minimum atomic E-state index is -2.74. The first-order valence-electron chi connectivity index (χ1n) is 10.9. The number of nitrogens with one attached hydrogen (secondary N) is 3. The van der Waals surface area contributed by atoms with Gasteiger partial charge < -0.3 is 20.5 Å². The van der Waals surface area contributed by atoms with Crippen molar-refractivity contribution in [3.05, 3.63) is 64.5 Å². The summed E-state index contributed by atoms with van der Waals surface area (Å²) in [6.07, 6.45) is 2.80. The van der Waals surface area contributed by atoms with E-state index in [1.54, 1.807) is 24.3 Å². The molecular weight excluding hydrogens is 529 g/mol. The summed E-state index contributed by atoms with van der Waals surface area (Å²) in [7, 11) is 0. The van der Waals surface area contributed by atoms with Gasteiger partial charge >= 0.3 is 0 Å². The van der Waals surface area contributed by atoms with E-state index in [0.29, 0.717) is 45.3 Å². The van der Waals surface area contributed by atoms with Gasteiger partial charge in [0.05, 0.1) is 41.3 Å². The topological polar surface area (TPSA) is 127 Å². The van der Waals surface area contributed by atoms with E-state index in [1.807, 2.05) is 6.92 Å². The quantitative estimate of drug-likeness (QED) is 0.192. The number of fused-ring (bicyclic) bond motifs is 1. The van der Waals surface area contributed by atoms with Crippen molar-refractivity contribution in [2.24, 2.45) is 0 Å². The number of rotatable bonds is 11. The van der Waals surface area contributed by atoms with Crippen molar-refractivity contribution in [2.45, 2.75) is 13.3 Å². The van der Waals surface area contributed by atoms with Crippen LogP contribution in [0.1, 0.15) is 12.5 Å². The number of amides is 1. The lowest BCUT2D eigenvalue weighted by atomic mass is 10.1.